The lowest BCUT2D eigenvalue weighted by Crippen LogP contribution is -2.44. The van der Waals surface area contributed by atoms with Crippen LogP contribution in [0.4, 0.5) is 0 Å². The molecule has 1 fully saturated rings. The van der Waals surface area contributed by atoms with E-state index in [1.54, 1.807) is 24.3 Å². The molecule has 1 aliphatic rings. The molecule has 6 heteroatoms. The summed E-state index contributed by atoms with van der Waals surface area (Å²) in [4.78, 5) is 34.0. The molecular weight excluding hydrogens is 414 g/mol. The van der Waals surface area contributed by atoms with Crippen molar-refractivity contribution in [2.45, 2.75) is 32.9 Å². The third kappa shape index (κ3) is 8.08. The minimum Gasteiger partial charge on any atom is -0.457 e. The van der Waals surface area contributed by atoms with Crippen molar-refractivity contribution in [2.75, 3.05) is 33.2 Å². The number of esters is 1. The average molecular weight is 448 g/mol. The van der Waals surface area contributed by atoms with E-state index in [0.29, 0.717) is 17.0 Å². The molecule has 0 N–H and O–H groups in total. The molecule has 0 unspecified atom stereocenters. The lowest BCUT2D eigenvalue weighted by Gasteiger charge is -2.32. The van der Waals surface area contributed by atoms with Crippen LogP contribution in [0.15, 0.2) is 54.6 Å². The average Bonchev–Trinajstić information content (AvgIpc) is 2.77. The second kappa shape index (κ2) is 11.2. The number of benzene rings is 1. The largest absolute Gasteiger partial charge is 0.457 e. The molecule has 0 saturated carbocycles. The molecule has 0 atom stereocenters. The number of ether oxygens (including phenoxy) is 1. The number of ketones is 1. The SMILES string of the molecule is CN1CCN(Cc2ccccc2C(=O)/C=C/c2cccc(/C=C/C(=O)OC(C)(C)C)n2)CC1. The molecular formula is C27H33N3O3. The first-order chi connectivity index (χ1) is 15.7. The van der Waals surface area contributed by atoms with Crippen molar-refractivity contribution in [1.29, 1.82) is 0 Å². The van der Waals surface area contributed by atoms with Crippen molar-refractivity contribution in [3.63, 3.8) is 0 Å². The van der Waals surface area contributed by atoms with Gasteiger partial charge in [0.2, 0.25) is 0 Å². The van der Waals surface area contributed by atoms with Crippen molar-refractivity contribution in [2.24, 2.45) is 0 Å². The minimum atomic E-state index is -0.541. The van der Waals surface area contributed by atoms with E-state index in [2.05, 4.69) is 21.8 Å². The highest BCUT2D eigenvalue weighted by atomic mass is 16.6. The molecule has 0 amide bonds. The van der Waals surface area contributed by atoms with Crippen LogP contribution < -0.4 is 0 Å². The topological polar surface area (TPSA) is 62.7 Å². The molecule has 0 radical (unpaired) electrons. The molecule has 0 aliphatic carbocycles. The fraction of sp³-hybridized carbons (Fsp3) is 0.370. The molecule has 6 nitrogen and oxygen atoms in total. The second-order valence-electron chi connectivity index (χ2n) is 9.29. The van der Waals surface area contributed by atoms with E-state index in [0.717, 1.165) is 38.3 Å². The number of likely N-dealkylation sites (N-methyl/N-ethyl adjacent to an activating group) is 1. The summed E-state index contributed by atoms with van der Waals surface area (Å²) in [6, 6.07) is 13.2. The van der Waals surface area contributed by atoms with Gasteiger partial charge < -0.3 is 9.64 Å². The van der Waals surface area contributed by atoms with Gasteiger partial charge in [-0.1, -0.05) is 30.3 Å². The zero-order valence-electron chi connectivity index (χ0n) is 20.0. The number of pyridine rings is 1. The van der Waals surface area contributed by atoms with Gasteiger partial charge in [0.1, 0.15) is 5.60 Å². The van der Waals surface area contributed by atoms with Gasteiger partial charge >= 0.3 is 5.97 Å². The Bertz CT molecular complexity index is 1030. The van der Waals surface area contributed by atoms with Crippen LogP contribution in [0.1, 0.15) is 48.1 Å². The van der Waals surface area contributed by atoms with Crippen molar-refractivity contribution in [1.82, 2.24) is 14.8 Å². The normalized spacial score (nSPS) is 15.9. The summed E-state index contributed by atoms with van der Waals surface area (Å²) < 4.78 is 5.27. The number of piperazine rings is 1. The van der Waals surface area contributed by atoms with Crippen molar-refractivity contribution in [3.05, 3.63) is 77.1 Å². The Kier molecular flexibility index (Phi) is 8.31. The summed E-state index contributed by atoms with van der Waals surface area (Å²) in [5.41, 5.74) is 2.48. The highest BCUT2D eigenvalue weighted by molar-refractivity contribution is 6.07. The third-order valence-electron chi connectivity index (χ3n) is 5.27. The Balaban J connectivity index is 1.66. The number of allylic oxidation sites excluding steroid dienone is 1. The third-order valence-corrected chi connectivity index (χ3v) is 5.27. The maximum atomic E-state index is 12.9. The lowest BCUT2D eigenvalue weighted by molar-refractivity contribution is -0.148. The Morgan fingerprint density at radius 1 is 0.939 bits per heavy atom. The van der Waals surface area contributed by atoms with Crippen LogP contribution in [0.3, 0.4) is 0 Å². The highest BCUT2D eigenvalue weighted by Crippen LogP contribution is 2.15. The van der Waals surface area contributed by atoms with E-state index in [-0.39, 0.29) is 5.78 Å². The van der Waals surface area contributed by atoms with Crippen LogP contribution in [0.25, 0.3) is 12.2 Å². The van der Waals surface area contributed by atoms with Gasteiger partial charge in [-0.05, 0) is 63.7 Å². The Hall–Kier alpha value is -3.09. The number of hydrogen-bond acceptors (Lipinski definition) is 6. The Morgan fingerprint density at radius 2 is 1.58 bits per heavy atom. The maximum absolute atomic E-state index is 12.9. The molecule has 3 rings (SSSR count). The second-order valence-corrected chi connectivity index (χ2v) is 9.29. The van der Waals surface area contributed by atoms with Crippen LogP contribution in [0, 0.1) is 0 Å². The molecule has 2 heterocycles. The number of rotatable bonds is 7. The Labute approximate surface area is 196 Å². The van der Waals surface area contributed by atoms with Crippen molar-refractivity contribution < 1.29 is 14.3 Å². The fourth-order valence-electron chi connectivity index (χ4n) is 3.54. The van der Waals surface area contributed by atoms with Crippen LogP contribution in [0.2, 0.25) is 0 Å². The molecule has 2 aromatic rings. The summed E-state index contributed by atoms with van der Waals surface area (Å²) in [6.45, 7) is 10.3. The van der Waals surface area contributed by atoms with Gasteiger partial charge in [0.15, 0.2) is 5.78 Å². The van der Waals surface area contributed by atoms with Crippen molar-refractivity contribution in [3.8, 4) is 0 Å². The highest BCUT2D eigenvalue weighted by Gasteiger charge is 2.17. The van der Waals surface area contributed by atoms with Gasteiger partial charge in [0.25, 0.3) is 0 Å². The molecule has 33 heavy (non-hydrogen) atoms. The maximum Gasteiger partial charge on any atom is 0.331 e. The summed E-state index contributed by atoms with van der Waals surface area (Å²) in [6.07, 6.45) is 6.24. The van der Waals surface area contributed by atoms with Gasteiger partial charge in [-0.15, -0.1) is 0 Å². The van der Waals surface area contributed by atoms with Crippen LogP contribution in [-0.2, 0) is 16.1 Å². The first-order valence-corrected chi connectivity index (χ1v) is 11.3. The van der Waals surface area contributed by atoms with Gasteiger partial charge in [0, 0.05) is 44.4 Å². The number of carbonyl (C=O) groups excluding carboxylic acids is 2. The van der Waals surface area contributed by atoms with E-state index in [4.69, 9.17) is 4.74 Å². The number of hydrogen-bond donors (Lipinski definition) is 0. The smallest absolute Gasteiger partial charge is 0.331 e. The van der Waals surface area contributed by atoms with Crippen LogP contribution >= 0.6 is 0 Å². The number of aromatic nitrogens is 1. The summed E-state index contributed by atoms with van der Waals surface area (Å²) >= 11 is 0. The van der Waals surface area contributed by atoms with E-state index in [1.165, 1.54) is 6.08 Å². The standard InChI is InChI=1S/C27H33N3O3/c1-27(2,3)33-26(32)15-13-23-10-7-9-22(28-23)12-14-25(31)24-11-6-5-8-21(24)20-30-18-16-29(4)17-19-30/h5-15H,16-20H2,1-4H3/b14-12+,15-13+. The van der Waals surface area contributed by atoms with E-state index < -0.39 is 11.6 Å². The molecule has 0 spiro atoms. The summed E-state index contributed by atoms with van der Waals surface area (Å²) in [5.74, 6) is -0.464. The molecule has 1 aromatic heterocycles. The predicted octanol–water partition coefficient (Wildman–Crippen LogP) is 4.08. The van der Waals surface area contributed by atoms with E-state index >= 15 is 0 Å². The lowest BCUT2D eigenvalue weighted by atomic mass is 10.0. The van der Waals surface area contributed by atoms with Gasteiger partial charge in [0.05, 0.1) is 11.4 Å². The molecule has 1 aromatic carbocycles. The minimum absolute atomic E-state index is 0.0452. The van der Waals surface area contributed by atoms with E-state index in [1.807, 2.05) is 57.2 Å². The van der Waals surface area contributed by atoms with Crippen molar-refractivity contribution >= 4 is 23.9 Å². The fourth-order valence-corrected chi connectivity index (χ4v) is 3.54. The first-order valence-electron chi connectivity index (χ1n) is 11.3. The van der Waals surface area contributed by atoms with Crippen LogP contribution in [0.5, 0.6) is 0 Å². The van der Waals surface area contributed by atoms with Crippen LogP contribution in [-0.4, -0.2) is 65.4 Å². The predicted molar refractivity (Wildman–Crippen MR) is 132 cm³/mol. The zero-order chi connectivity index (χ0) is 23.8. The zero-order valence-corrected chi connectivity index (χ0v) is 20.0. The first kappa shape index (κ1) is 24.6. The molecule has 1 saturated heterocycles. The Morgan fingerprint density at radius 3 is 2.24 bits per heavy atom. The van der Waals surface area contributed by atoms with Gasteiger partial charge in [-0.2, -0.15) is 0 Å². The van der Waals surface area contributed by atoms with E-state index in [9.17, 15) is 9.59 Å². The van der Waals surface area contributed by atoms with Gasteiger partial charge in [-0.25, -0.2) is 9.78 Å². The molecule has 174 valence electrons. The monoisotopic (exact) mass is 447 g/mol. The number of carbonyl (C=O) groups is 2. The number of nitrogens with zero attached hydrogens (tertiary/aromatic N) is 3. The quantitative estimate of drug-likeness (QED) is 0.362. The van der Waals surface area contributed by atoms with Gasteiger partial charge in [-0.3, -0.25) is 9.69 Å². The summed E-state index contributed by atoms with van der Waals surface area (Å²) in [5, 5.41) is 0. The summed E-state index contributed by atoms with van der Waals surface area (Å²) in [7, 11) is 2.13. The molecule has 0 bridgehead atoms. The molecule has 1 aliphatic heterocycles.